The van der Waals surface area contributed by atoms with Gasteiger partial charge in [-0.15, -0.1) is 0 Å². The third-order valence-corrected chi connectivity index (χ3v) is 3.81. The van der Waals surface area contributed by atoms with Gasteiger partial charge in [-0.25, -0.2) is 0 Å². The van der Waals surface area contributed by atoms with Crippen LogP contribution in [0.2, 0.25) is 5.02 Å². The quantitative estimate of drug-likeness (QED) is 0.868. The zero-order valence-electron chi connectivity index (χ0n) is 11.6. The molecule has 0 spiro atoms. The SMILES string of the molecule is Cc1ccc(N(C)Cc2ccc(C(N)=S)cc2Cl)cc1. The molecule has 2 aromatic rings. The van der Waals surface area contributed by atoms with Crippen molar-refractivity contribution in [3.8, 4) is 0 Å². The van der Waals surface area contributed by atoms with Crippen molar-refractivity contribution >= 4 is 34.5 Å². The monoisotopic (exact) mass is 304 g/mol. The van der Waals surface area contributed by atoms with Crippen molar-refractivity contribution in [2.75, 3.05) is 11.9 Å². The fraction of sp³-hybridized carbons (Fsp3) is 0.188. The van der Waals surface area contributed by atoms with Gasteiger partial charge in [0.15, 0.2) is 0 Å². The molecule has 2 nitrogen and oxygen atoms in total. The highest BCUT2D eigenvalue weighted by atomic mass is 35.5. The number of nitrogens with zero attached hydrogens (tertiary/aromatic N) is 1. The minimum atomic E-state index is 0.366. The minimum Gasteiger partial charge on any atom is -0.389 e. The summed E-state index contributed by atoms with van der Waals surface area (Å²) in [6.45, 7) is 2.81. The number of hydrogen-bond donors (Lipinski definition) is 1. The van der Waals surface area contributed by atoms with Gasteiger partial charge in [-0.2, -0.15) is 0 Å². The van der Waals surface area contributed by atoms with Crippen molar-refractivity contribution in [2.24, 2.45) is 5.73 Å². The van der Waals surface area contributed by atoms with Crippen LogP contribution in [0, 0.1) is 6.92 Å². The highest BCUT2D eigenvalue weighted by molar-refractivity contribution is 7.80. The first-order chi connectivity index (χ1) is 9.47. The van der Waals surface area contributed by atoms with Gasteiger partial charge in [0, 0.05) is 29.9 Å². The predicted molar refractivity (Wildman–Crippen MR) is 90.6 cm³/mol. The van der Waals surface area contributed by atoms with E-state index in [2.05, 4.69) is 36.1 Å². The second-order valence-corrected chi connectivity index (χ2v) is 5.71. The van der Waals surface area contributed by atoms with E-state index in [1.54, 1.807) is 0 Å². The first-order valence-electron chi connectivity index (χ1n) is 6.33. The molecule has 2 aromatic carbocycles. The summed E-state index contributed by atoms with van der Waals surface area (Å²) in [5, 5.41) is 0.689. The van der Waals surface area contributed by atoms with Gasteiger partial charge in [0.05, 0.1) is 0 Å². The summed E-state index contributed by atoms with van der Waals surface area (Å²) in [5.41, 5.74) is 9.86. The topological polar surface area (TPSA) is 29.3 Å². The third-order valence-electron chi connectivity index (χ3n) is 3.22. The van der Waals surface area contributed by atoms with E-state index in [9.17, 15) is 0 Å². The van der Waals surface area contributed by atoms with E-state index < -0.39 is 0 Å². The molecule has 0 saturated carbocycles. The molecular formula is C16H17ClN2S. The summed E-state index contributed by atoms with van der Waals surface area (Å²) in [4.78, 5) is 2.52. The van der Waals surface area contributed by atoms with Crippen molar-refractivity contribution in [3.63, 3.8) is 0 Å². The molecule has 0 bridgehead atoms. The van der Waals surface area contributed by atoms with E-state index in [4.69, 9.17) is 29.6 Å². The number of rotatable bonds is 4. The standard InChI is InChI=1S/C16H17ClN2S/c1-11-3-7-14(8-4-11)19(2)10-13-6-5-12(16(18)20)9-15(13)17/h3-9H,10H2,1-2H3,(H2,18,20). The van der Waals surface area contributed by atoms with Crippen molar-refractivity contribution in [2.45, 2.75) is 13.5 Å². The minimum absolute atomic E-state index is 0.366. The van der Waals surface area contributed by atoms with Gasteiger partial charge >= 0.3 is 0 Å². The van der Waals surface area contributed by atoms with Crippen LogP contribution >= 0.6 is 23.8 Å². The Morgan fingerprint density at radius 3 is 2.40 bits per heavy atom. The highest BCUT2D eigenvalue weighted by Gasteiger charge is 2.07. The molecule has 0 fully saturated rings. The molecular weight excluding hydrogens is 288 g/mol. The Morgan fingerprint density at radius 1 is 1.20 bits per heavy atom. The molecule has 104 valence electrons. The fourth-order valence-electron chi connectivity index (χ4n) is 1.97. The molecule has 0 radical (unpaired) electrons. The molecule has 0 saturated heterocycles. The molecule has 0 amide bonds. The fourth-order valence-corrected chi connectivity index (χ4v) is 2.34. The largest absolute Gasteiger partial charge is 0.389 e. The second kappa shape index (κ2) is 6.25. The maximum absolute atomic E-state index is 6.29. The zero-order chi connectivity index (χ0) is 14.7. The Balaban J connectivity index is 2.17. The summed E-state index contributed by atoms with van der Waals surface area (Å²) >= 11 is 11.2. The Bertz CT molecular complexity index is 623. The number of aryl methyl sites for hydroxylation is 1. The number of benzene rings is 2. The maximum Gasteiger partial charge on any atom is 0.104 e. The average molecular weight is 305 g/mol. The van der Waals surface area contributed by atoms with E-state index in [1.165, 1.54) is 5.56 Å². The van der Waals surface area contributed by atoms with Gasteiger partial charge in [0.1, 0.15) is 4.99 Å². The Labute approximate surface area is 130 Å². The molecule has 0 heterocycles. The Kier molecular flexibility index (Phi) is 4.63. The zero-order valence-corrected chi connectivity index (χ0v) is 13.1. The van der Waals surface area contributed by atoms with Gasteiger partial charge < -0.3 is 10.6 Å². The van der Waals surface area contributed by atoms with Crippen LogP contribution in [0.4, 0.5) is 5.69 Å². The van der Waals surface area contributed by atoms with E-state index in [0.29, 0.717) is 10.0 Å². The van der Waals surface area contributed by atoms with Crippen LogP contribution in [0.25, 0.3) is 0 Å². The van der Waals surface area contributed by atoms with Crippen LogP contribution in [0.5, 0.6) is 0 Å². The first kappa shape index (κ1) is 14.8. The molecule has 0 aliphatic heterocycles. The third kappa shape index (κ3) is 3.50. The van der Waals surface area contributed by atoms with Crippen LogP contribution in [0.1, 0.15) is 16.7 Å². The van der Waals surface area contributed by atoms with Crippen LogP contribution in [0.15, 0.2) is 42.5 Å². The molecule has 4 heteroatoms. The molecule has 0 unspecified atom stereocenters. The van der Waals surface area contributed by atoms with Gasteiger partial charge in [-0.3, -0.25) is 0 Å². The van der Waals surface area contributed by atoms with E-state index >= 15 is 0 Å². The van der Waals surface area contributed by atoms with Crippen LogP contribution < -0.4 is 10.6 Å². The van der Waals surface area contributed by atoms with E-state index in [-0.39, 0.29) is 0 Å². The van der Waals surface area contributed by atoms with Crippen molar-refractivity contribution in [1.29, 1.82) is 0 Å². The smallest absolute Gasteiger partial charge is 0.104 e. The van der Waals surface area contributed by atoms with Crippen molar-refractivity contribution < 1.29 is 0 Å². The summed E-state index contributed by atoms with van der Waals surface area (Å²) in [6, 6.07) is 14.1. The molecule has 20 heavy (non-hydrogen) atoms. The van der Waals surface area contributed by atoms with Gasteiger partial charge in [0.2, 0.25) is 0 Å². The molecule has 2 N–H and O–H groups in total. The number of anilines is 1. The van der Waals surface area contributed by atoms with Crippen LogP contribution in [0.3, 0.4) is 0 Å². The van der Waals surface area contributed by atoms with Crippen LogP contribution in [-0.4, -0.2) is 12.0 Å². The number of nitrogens with two attached hydrogens (primary N) is 1. The molecule has 0 aromatic heterocycles. The lowest BCUT2D eigenvalue weighted by molar-refractivity contribution is 0.923. The Hall–Kier alpha value is -1.58. The molecule has 0 aliphatic rings. The first-order valence-corrected chi connectivity index (χ1v) is 7.12. The normalized spacial score (nSPS) is 10.3. The summed E-state index contributed by atoms with van der Waals surface area (Å²) in [5.74, 6) is 0. The lowest BCUT2D eigenvalue weighted by Crippen LogP contribution is -2.17. The van der Waals surface area contributed by atoms with E-state index in [1.807, 2.05) is 25.2 Å². The lowest BCUT2D eigenvalue weighted by Gasteiger charge is -2.20. The van der Waals surface area contributed by atoms with Gasteiger partial charge in [-0.1, -0.05) is 53.6 Å². The summed E-state index contributed by atoms with van der Waals surface area (Å²) in [6.07, 6.45) is 0. The molecule has 0 atom stereocenters. The number of halogens is 1. The van der Waals surface area contributed by atoms with Gasteiger partial charge in [0.25, 0.3) is 0 Å². The summed E-state index contributed by atoms with van der Waals surface area (Å²) < 4.78 is 0. The number of hydrogen-bond acceptors (Lipinski definition) is 2. The second-order valence-electron chi connectivity index (χ2n) is 4.86. The lowest BCUT2D eigenvalue weighted by atomic mass is 10.1. The Morgan fingerprint density at radius 2 is 1.85 bits per heavy atom. The predicted octanol–water partition coefficient (Wildman–Crippen LogP) is 3.92. The van der Waals surface area contributed by atoms with Gasteiger partial charge in [-0.05, 0) is 30.7 Å². The molecule has 2 rings (SSSR count). The van der Waals surface area contributed by atoms with Crippen LogP contribution in [-0.2, 0) is 6.54 Å². The summed E-state index contributed by atoms with van der Waals surface area (Å²) in [7, 11) is 2.04. The number of thiocarbonyl (C=S) groups is 1. The van der Waals surface area contributed by atoms with Crippen molar-refractivity contribution in [3.05, 3.63) is 64.2 Å². The van der Waals surface area contributed by atoms with Crippen molar-refractivity contribution in [1.82, 2.24) is 0 Å². The van der Waals surface area contributed by atoms with E-state index in [0.717, 1.165) is 23.4 Å². The maximum atomic E-state index is 6.29. The highest BCUT2D eigenvalue weighted by Crippen LogP contribution is 2.22. The molecule has 0 aliphatic carbocycles. The average Bonchev–Trinajstić information content (AvgIpc) is 2.41.